The molecule has 1 unspecified atom stereocenters. The van der Waals surface area contributed by atoms with E-state index in [1.807, 2.05) is 69.2 Å². The van der Waals surface area contributed by atoms with Crippen LogP contribution in [0.2, 0.25) is 0 Å². The molecule has 1 saturated heterocycles. The van der Waals surface area contributed by atoms with Gasteiger partial charge in [-0.1, -0.05) is 45.0 Å². The molecule has 6 heteroatoms. The third-order valence-corrected chi connectivity index (χ3v) is 6.39. The number of Topliss-reactive ketones (excluding diaryl/α,β-unsaturated/α-hetero) is 1. The largest absolute Gasteiger partial charge is 0.507 e. The number of aryl methyl sites for hydroxylation is 1. The molecule has 2 aromatic rings. The highest BCUT2D eigenvalue weighted by molar-refractivity contribution is 6.46. The number of likely N-dealkylation sites (tertiary alicyclic amines) is 1. The van der Waals surface area contributed by atoms with Gasteiger partial charge >= 0.3 is 0 Å². The summed E-state index contributed by atoms with van der Waals surface area (Å²) >= 11 is 0. The molecule has 188 valence electrons. The number of hydrogen-bond donors (Lipinski definition) is 1. The Morgan fingerprint density at radius 1 is 1.11 bits per heavy atom. The van der Waals surface area contributed by atoms with E-state index in [0.717, 1.165) is 35.4 Å². The van der Waals surface area contributed by atoms with E-state index in [4.69, 9.17) is 4.74 Å². The predicted molar refractivity (Wildman–Crippen MR) is 140 cm³/mol. The first-order valence-electron chi connectivity index (χ1n) is 12.2. The average molecular weight is 479 g/mol. The van der Waals surface area contributed by atoms with Gasteiger partial charge in [-0.15, -0.1) is 0 Å². The minimum absolute atomic E-state index is 0.137. The lowest BCUT2D eigenvalue weighted by Crippen LogP contribution is -2.32. The van der Waals surface area contributed by atoms with Crippen LogP contribution in [0.5, 0.6) is 5.75 Å². The highest BCUT2D eigenvalue weighted by Crippen LogP contribution is 2.42. The van der Waals surface area contributed by atoms with Crippen molar-refractivity contribution in [3.63, 3.8) is 0 Å². The quantitative estimate of drug-likeness (QED) is 0.326. The highest BCUT2D eigenvalue weighted by atomic mass is 16.5. The number of amides is 1. The fraction of sp³-hybridized carbons (Fsp3) is 0.448. The van der Waals surface area contributed by atoms with Gasteiger partial charge in [0.2, 0.25) is 0 Å². The first-order valence-corrected chi connectivity index (χ1v) is 12.2. The summed E-state index contributed by atoms with van der Waals surface area (Å²) in [6.45, 7) is 11.9. The summed E-state index contributed by atoms with van der Waals surface area (Å²) in [7, 11) is 3.96. The second kappa shape index (κ2) is 10.6. The molecule has 0 spiro atoms. The summed E-state index contributed by atoms with van der Waals surface area (Å²) < 4.78 is 5.82. The second-order valence-electron chi connectivity index (χ2n) is 10.4. The van der Waals surface area contributed by atoms with Gasteiger partial charge in [0.15, 0.2) is 0 Å². The average Bonchev–Trinajstić information content (AvgIpc) is 3.03. The maximum Gasteiger partial charge on any atom is 0.295 e. The van der Waals surface area contributed by atoms with Gasteiger partial charge < -0.3 is 19.6 Å². The number of carbonyl (C=O) groups is 2. The van der Waals surface area contributed by atoms with Crippen LogP contribution < -0.4 is 4.74 Å². The van der Waals surface area contributed by atoms with Gasteiger partial charge in [0.05, 0.1) is 18.2 Å². The first kappa shape index (κ1) is 26.5. The molecule has 0 saturated carbocycles. The number of carbonyl (C=O) groups excluding carboxylic acids is 2. The van der Waals surface area contributed by atoms with Crippen molar-refractivity contribution in [1.29, 1.82) is 0 Å². The molecule has 6 nitrogen and oxygen atoms in total. The van der Waals surface area contributed by atoms with E-state index in [1.54, 1.807) is 11.0 Å². The Bertz CT molecular complexity index is 1130. The van der Waals surface area contributed by atoms with Crippen molar-refractivity contribution in [2.24, 2.45) is 0 Å². The molecule has 0 aromatic heterocycles. The summed E-state index contributed by atoms with van der Waals surface area (Å²) in [4.78, 5) is 30.2. The third-order valence-electron chi connectivity index (χ3n) is 6.39. The van der Waals surface area contributed by atoms with Gasteiger partial charge in [-0.2, -0.15) is 0 Å². The lowest BCUT2D eigenvalue weighted by atomic mass is 9.84. The Kier molecular flexibility index (Phi) is 8.06. The monoisotopic (exact) mass is 478 g/mol. The molecule has 1 amide bonds. The Labute approximate surface area is 209 Å². The fourth-order valence-electron chi connectivity index (χ4n) is 4.59. The van der Waals surface area contributed by atoms with Crippen LogP contribution in [0.15, 0.2) is 48.0 Å². The van der Waals surface area contributed by atoms with E-state index < -0.39 is 17.7 Å². The molecule has 1 N–H and O–H groups in total. The number of aliphatic hydroxyl groups is 1. The lowest BCUT2D eigenvalue weighted by molar-refractivity contribution is -0.139. The summed E-state index contributed by atoms with van der Waals surface area (Å²) in [6, 6.07) is 12.5. The Hall–Kier alpha value is -3.12. The van der Waals surface area contributed by atoms with E-state index in [9.17, 15) is 14.7 Å². The van der Waals surface area contributed by atoms with Crippen molar-refractivity contribution >= 4 is 17.4 Å². The zero-order valence-corrected chi connectivity index (χ0v) is 22.0. The smallest absolute Gasteiger partial charge is 0.295 e. The molecule has 3 rings (SSSR count). The SMILES string of the molecule is CCOc1ccc(/C(O)=C2\C(=O)C(=O)N(CCCN(C)C)C2c2ccccc2C)cc1C(C)(C)C. The molecule has 2 aromatic carbocycles. The molecule has 0 radical (unpaired) electrons. The van der Waals surface area contributed by atoms with Gasteiger partial charge in [-0.05, 0) is 75.6 Å². The van der Waals surface area contributed by atoms with Crippen LogP contribution in [0.4, 0.5) is 0 Å². The van der Waals surface area contributed by atoms with Crippen molar-refractivity contribution in [3.8, 4) is 5.75 Å². The maximum absolute atomic E-state index is 13.3. The molecule has 1 heterocycles. The van der Waals surface area contributed by atoms with Gasteiger partial charge in [0, 0.05) is 17.7 Å². The van der Waals surface area contributed by atoms with Crippen molar-refractivity contribution in [1.82, 2.24) is 9.80 Å². The van der Waals surface area contributed by atoms with Crippen molar-refractivity contribution in [2.45, 2.75) is 52.5 Å². The molecule has 0 bridgehead atoms. The molecule has 1 aliphatic rings. The van der Waals surface area contributed by atoms with E-state index in [1.165, 1.54) is 0 Å². The topological polar surface area (TPSA) is 70.1 Å². The molecular weight excluding hydrogens is 440 g/mol. The molecule has 1 aliphatic heterocycles. The van der Waals surface area contributed by atoms with Crippen LogP contribution in [-0.4, -0.2) is 60.4 Å². The third kappa shape index (κ3) is 5.59. The van der Waals surface area contributed by atoms with Gasteiger partial charge in [0.1, 0.15) is 11.5 Å². The molecule has 0 aliphatic carbocycles. The number of hydrogen-bond acceptors (Lipinski definition) is 5. The van der Waals surface area contributed by atoms with E-state index >= 15 is 0 Å². The summed E-state index contributed by atoms with van der Waals surface area (Å²) in [5.41, 5.74) is 3.14. The highest BCUT2D eigenvalue weighted by Gasteiger charge is 2.46. The molecule has 35 heavy (non-hydrogen) atoms. The van der Waals surface area contributed by atoms with Crippen LogP contribution in [0, 0.1) is 6.92 Å². The van der Waals surface area contributed by atoms with E-state index in [2.05, 4.69) is 20.8 Å². The Morgan fingerprint density at radius 3 is 2.40 bits per heavy atom. The first-order chi connectivity index (χ1) is 16.5. The van der Waals surface area contributed by atoms with Crippen molar-refractivity contribution < 1.29 is 19.4 Å². The number of rotatable bonds is 8. The number of nitrogens with zero attached hydrogens (tertiary/aromatic N) is 2. The van der Waals surface area contributed by atoms with Crippen LogP contribution >= 0.6 is 0 Å². The fourth-order valence-corrected chi connectivity index (χ4v) is 4.59. The summed E-state index contributed by atoms with van der Waals surface area (Å²) in [6.07, 6.45) is 0.722. The van der Waals surface area contributed by atoms with Crippen LogP contribution in [0.3, 0.4) is 0 Å². The van der Waals surface area contributed by atoms with Crippen LogP contribution in [-0.2, 0) is 15.0 Å². The van der Waals surface area contributed by atoms with Gasteiger partial charge in [-0.25, -0.2) is 0 Å². The second-order valence-corrected chi connectivity index (χ2v) is 10.4. The van der Waals surface area contributed by atoms with Crippen LogP contribution in [0.1, 0.15) is 62.4 Å². The van der Waals surface area contributed by atoms with Crippen molar-refractivity contribution in [2.75, 3.05) is 33.8 Å². The normalized spacial score (nSPS) is 17.9. The number of ether oxygens (including phenoxy) is 1. The Morgan fingerprint density at radius 2 is 1.80 bits per heavy atom. The zero-order valence-electron chi connectivity index (χ0n) is 22.0. The molecular formula is C29H38N2O4. The minimum Gasteiger partial charge on any atom is -0.507 e. The number of aliphatic hydroxyl groups excluding tert-OH is 1. The standard InChI is InChI=1S/C29H38N2O4/c1-8-35-23-15-14-20(18-22(23)29(3,4)5)26(32)24-25(21-13-10-9-12-19(21)2)31(28(34)27(24)33)17-11-16-30(6)7/h9-10,12-15,18,25,32H,8,11,16-17H2,1-7H3/b26-24+. The van der Waals surface area contributed by atoms with E-state index in [-0.39, 0.29) is 16.7 Å². The number of benzene rings is 2. The van der Waals surface area contributed by atoms with Gasteiger partial charge in [-0.3, -0.25) is 9.59 Å². The Balaban J connectivity index is 2.17. The molecule has 1 atom stereocenters. The molecule has 1 fully saturated rings. The van der Waals surface area contributed by atoms with E-state index in [0.29, 0.717) is 18.7 Å². The summed E-state index contributed by atoms with van der Waals surface area (Å²) in [5, 5.41) is 11.5. The zero-order chi connectivity index (χ0) is 25.9. The van der Waals surface area contributed by atoms with Crippen LogP contribution in [0.25, 0.3) is 5.76 Å². The van der Waals surface area contributed by atoms with Crippen molar-refractivity contribution in [3.05, 3.63) is 70.3 Å². The maximum atomic E-state index is 13.3. The summed E-state index contributed by atoms with van der Waals surface area (Å²) in [5.74, 6) is -0.622. The lowest BCUT2D eigenvalue weighted by Gasteiger charge is -2.27. The predicted octanol–water partition coefficient (Wildman–Crippen LogP) is 5.06. The minimum atomic E-state index is -0.646. The van der Waals surface area contributed by atoms with Gasteiger partial charge in [0.25, 0.3) is 11.7 Å². The number of ketones is 1.